The molecule has 6 nitrogen and oxygen atoms in total. The standard InChI is InChI=1S/C14H24F5N5O/c1-20-13(21-7-12(25)23(2)9-14(17,18)19)22-10-3-5-24(6-4-10)8-11(15)16/h10-11H,3-9H2,1-2H3,(H2,20,21,22). The van der Waals surface area contributed by atoms with Crippen molar-refractivity contribution in [2.45, 2.75) is 31.5 Å². The summed E-state index contributed by atoms with van der Waals surface area (Å²) in [5.41, 5.74) is 0. The molecule has 0 aromatic heterocycles. The zero-order valence-electron chi connectivity index (χ0n) is 14.2. The molecule has 0 bridgehead atoms. The quantitative estimate of drug-likeness (QED) is 0.413. The summed E-state index contributed by atoms with van der Waals surface area (Å²) in [6, 6.07) is 0.00290. The van der Waals surface area contributed by atoms with Gasteiger partial charge in [-0.15, -0.1) is 0 Å². The Morgan fingerprint density at radius 1 is 1.32 bits per heavy atom. The van der Waals surface area contributed by atoms with Crippen LogP contribution in [0.5, 0.6) is 0 Å². The number of piperidine rings is 1. The first-order chi connectivity index (χ1) is 11.6. The Morgan fingerprint density at radius 2 is 1.92 bits per heavy atom. The Morgan fingerprint density at radius 3 is 2.40 bits per heavy atom. The van der Waals surface area contributed by atoms with Crippen molar-refractivity contribution in [2.75, 3.05) is 46.8 Å². The first-order valence-electron chi connectivity index (χ1n) is 7.89. The minimum Gasteiger partial charge on any atom is -0.354 e. The summed E-state index contributed by atoms with van der Waals surface area (Å²) in [4.78, 5) is 17.9. The lowest BCUT2D eigenvalue weighted by Gasteiger charge is -2.32. The Labute approximate surface area is 143 Å². The van der Waals surface area contributed by atoms with Crippen LogP contribution in [0.1, 0.15) is 12.8 Å². The number of likely N-dealkylation sites (N-methyl/N-ethyl adjacent to an activating group) is 1. The largest absolute Gasteiger partial charge is 0.406 e. The van der Waals surface area contributed by atoms with Gasteiger partial charge in [0.15, 0.2) is 5.96 Å². The maximum absolute atomic E-state index is 12.3. The van der Waals surface area contributed by atoms with E-state index in [-0.39, 0.29) is 19.1 Å². The third-order valence-corrected chi connectivity index (χ3v) is 3.80. The SMILES string of the molecule is CN=C(NCC(=O)N(C)CC(F)(F)F)NC1CCN(CC(F)F)CC1. The van der Waals surface area contributed by atoms with Gasteiger partial charge in [-0.2, -0.15) is 13.2 Å². The number of aliphatic imine (C=N–C) groups is 1. The molecule has 2 N–H and O–H groups in total. The molecule has 1 saturated heterocycles. The van der Waals surface area contributed by atoms with Crippen LogP contribution in [0, 0.1) is 0 Å². The molecule has 1 rings (SSSR count). The number of carbonyl (C=O) groups is 1. The molecule has 1 fully saturated rings. The number of carbonyl (C=O) groups excluding carboxylic acids is 1. The van der Waals surface area contributed by atoms with Gasteiger partial charge in [0.25, 0.3) is 6.43 Å². The van der Waals surface area contributed by atoms with Gasteiger partial charge in [-0.25, -0.2) is 8.78 Å². The Balaban J connectivity index is 2.35. The molecular weight excluding hydrogens is 349 g/mol. The number of guanidine groups is 1. The van der Waals surface area contributed by atoms with Gasteiger partial charge >= 0.3 is 6.18 Å². The highest BCUT2D eigenvalue weighted by Gasteiger charge is 2.31. The molecule has 1 heterocycles. The second-order valence-corrected chi connectivity index (χ2v) is 5.90. The normalized spacial score (nSPS) is 17.7. The lowest BCUT2D eigenvalue weighted by atomic mass is 10.1. The van der Waals surface area contributed by atoms with Crippen LogP contribution < -0.4 is 10.6 Å². The molecule has 146 valence electrons. The predicted octanol–water partition coefficient (Wildman–Crippen LogP) is 0.902. The summed E-state index contributed by atoms with van der Waals surface area (Å²) in [5.74, 6) is -0.423. The lowest BCUT2D eigenvalue weighted by Crippen LogP contribution is -2.51. The number of hydrogen-bond donors (Lipinski definition) is 2. The fourth-order valence-electron chi connectivity index (χ4n) is 2.49. The molecule has 0 atom stereocenters. The average molecular weight is 373 g/mol. The average Bonchev–Trinajstić information content (AvgIpc) is 2.50. The second-order valence-electron chi connectivity index (χ2n) is 5.90. The summed E-state index contributed by atoms with van der Waals surface area (Å²) in [6.07, 6.45) is -5.54. The second kappa shape index (κ2) is 9.73. The van der Waals surface area contributed by atoms with Crippen molar-refractivity contribution in [1.82, 2.24) is 20.4 Å². The number of alkyl halides is 5. The molecule has 1 amide bonds. The van der Waals surface area contributed by atoms with Crippen molar-refractivity contribution in [3.05, 3.63) is 0 Å². The van der Waals surface area contributed by atoms with Gasteiger partial charge in [0, 0.05) is 33.2 Å². The van der Waals surface area contributed by atoms with Crippen LogP contribution in [0.3, 0.4) is 0 Å². The summed E-state index contributed by atoms with van der Waals surface area (Å²) < 4.78 is 61.4. The van der Waals surface area contributed by atoms with Crippen LogP contribution >= 0.6 is 0 Å². The number of nitrogens with one attached hydrogen (secondary N) is 2. The van der Waals surface area contributed by atoms with Gasteiger partial charge < -0.3 is 15.5 Å². The van der Waals surface area contributed by atoms with E-state index in [1.165, 1.54) is 7.05 Å². The van der Waals surface area contributed by atoms with Crippen molar-refractivity contribution < 1.29 is 26.7 Å². The summed E-state index contributed by atoms with van der Waals surface area (Å²) in [6.45, 7) is -0.850. The highest BCUT2D eigenvalue weighted by molar-refractivity contribution is 5.86. The maximum atomic E-state index is 12.3. The lowest BCUT2D eigenvalue weighted by molar-refractivity contribution is -0.157. The fraction of sp³-hybridized carbons (Fsp3) is 0.857. The smallest absolute Gasteiger partial charge is 0.354 e. The molecule has 0 aromatic rings. The van der Waals surface area contributed by atoms with Crippen LogP contribution in [0.25, 0.3) is 0 Å². The molecule has 0 aromatic carbocycles. The van der Waals surface area contributed by atoms with Crippen LogP contribution in [0.15, 0.2) is 4.99 Å². The van der Waals surface area contributed by atoms with Crippen LogP contribution in [-0.4, -0.2) is 87.1 Å². The molecule has 1 aliphatic heterocycles. The monoisotopic (exact) mass is 373 g/mol. The van der Waals surface area contributed by atoms with Crippen molar-refractivity contribution >= 4 is 11.9 Å². The van der Waals surface area contributed by atoms with Gasteiger partial charge in [-0.05, 0) is 12.8 Å². The Kier molecular flexibility index (Phi) is 8.33. The van der Waals surface area contributed by atoms with E-state index in [4.69, 9.17) is 0 Å². The molecule has 0 saturated carbocycles. The molecular formula is C14H24F5N5O. The molecule has 0 aliphatic carbocycles. The number of hydrogen-bond acceptors (Lipinski definition) is 3. The van der Waals surface area contributed by atoms with E-state index in [0.29, 0.717) is 36.8 Å². The number of halogens is 5. The molecule has 25 heavy (non-hydrogen) atoms. The van der Waals surface area contributed by atoms with Crippen LogP contribution in [-0.2, 0) is 4.79 Å². The van der Waals surface area contributed by atoms with Crippen LogP contribution in [0.4, 0.5) is 22.0 Å². The van der Waals surface area contributed by atoms with Crippen molar-refractivity contribution in [3.63, 3.8) is 0 Å². The van der Waals surface area contributed by atoms with E-state index in [2.05, 4.69) is 15.6 Å². The first kappa shape index (κ1) is 21.4. The van der Waals surface area contributed by atoms with E-state index < -0.39 is 25.1 Å². The molecule has 0 spiro atoms. The number of likely N-dealkylation sites (tertiary alicyclic amines) is 1. The van der Waals surface area contributed by atoms with E-state index in [0.717, 1.165) is 7.05 Å². The maximum Gasteiger partial charge on any atom is 0.406 e. The molecule has 0 unspecified atom stereocenters. The Bertz CT molecular complexity index is 449. The van der Waals surface area contributed by atoms with Crippen molar-refractivity contribution in [1.29, 1.82) is 0 Å². The highest BCUT2D eigenvalue weighted by Crippen LogP contribution is 2.15. The Hall–Kier alpha value is -1.65. The number of rotatable bonds is 6. The summed E-state index contributed by atoms with van der Waals surface area (Å²) >= 11 is 0. The van der Waals surface area contributed by atoms with E-state index >= 15 is 0 Å². The van der Waals surface area contributed by atoms with E-state index in [1.54, 1.807) is 4.90 Å². The minimum absolute atomic E-state index is 0.00290. The van der Waals surface area contributed by atoms with Gasteiger partial charge in [-0.1, -0.05) is 0 Å². The summed E-state index contributed by atoms with van der Waals surface area (Å²) in [7, 11) is 2.55. The predicted molar refractivity (Wildman–Crippen MR) is 83.7 cm³/mol. The third kappa shape index (κ3) is 8.84. The van der Waals surface area contributed by atoms with Crippen molar-refractivity contribution in [2.24, 2.45) is 4.99 Å². The molecule has 11 heteroatoms. The van der Waals surface area contributed by atoms with Gasteiger partial charge in [0.1, 0.15) is 6.54 Å². The van der Waals surface area contributed by atoms with Crippen LogP contribution in [0.2, 0.25) is 0 Å². The van der Waals surface area contributed by atoms with E-state index in [9.17, 15) is 26.7 Å². The first-order valence-corrected chi connectivity index (χ1v) is 7.89. The zero-order chi connectivity index (χ0) is 19.0. The number of nitrogens with zero attached hydrogens (tertiary/aromatic N) is 3. The van der Waals surface area contributed by atoms with Gasteiger partial charge in [-0.3, -0.25) is 14.7 Å². The van der Waals surface area contributed by atoms with E-state index in [1.807, 2.05) is 0 Å². The topological polar surface area (TPSA) is 60.0 Å². The fourth-order valence-corrected chi connectivity index (χ4v) is 2.49. The highest BCUT2D eigenvalue weighted by atomic mass is 19.4. The van der Waals surface area contributed by atoms with Gasteiger partial charge in [0.2, 0.25) is 5.91 Å². The zero-order valence-corrected chi connectivity index (χ0v) is 14.2. The molecule has 1 aliphatic rings. The van der Waals surface area contributed by atoms with Gasteiger partial charge in [0.05, 0.1) is 13.1 Å². The summed E-state index contributed by atoms with van der Waals surface area (Å²) in [5, 5.41) is 5.73. The minimum atomic E-state index is -4.45. The third-order valence-electron chi connectivity index (χ3n) is 3.80. The van der Waals surface area contributed by atoms with Crippen molar-refractivity contribution in [3.8, 4) is 0 Å². The number of amides is 1. The molecule has 0 radical (unpaired) electrons.